The molecule has 1 fully saturated rings. The highest BCUT2D eigenvalue weighted by Crippen LogP contribution is 2.30. The molecule has 1 aliphatic rings. The second kappa shape index (κ2) is 10.3. The Bertz CT molecular complexity index is 1170. The van der Waals surface area contributed by atoms with E-state index in [-0.39, 0.29) is 25.2 Å². The number of carboxylic acid groups (broad SMARTS) is 1. The molecule has 2 heterocycles. The summed E-state index contributed by atoms with van der Waals surface area (Å²) in [6, 6.07) is 9.41. The topological polar surface area (TPSA) is 141 Å². The molecule has 2 atom stereocenters. The number of alkyl carbamates (subject to hydrolysis) is 1. The lowest BCUT2D eigenvalue weighted by molar-refractivity contribution is -0.141. The zero-order valence-electron chi connectivity index (χ0n) is 19.0. The number of rotatable bonds is 8. The van der Waals surface area contributed by atoms with Crippen molar-refractivity contribution in [2.75, 3.05) is 0 Å². The van der Waals surface area contributed by atoms with Gasteiger partial charge in [-0.3, -0.25) is 4.79 Å². The molecule has 0 radical (unpaired) electrons. The largest absolute Gasteiger partial charge is 0.481 e. The number of hydrogen-bond acceptors (Lipinski definition) is 8. The maximum atomic E-state index is 12.1. The van der Waals surface area contributed by atoms with Crippen molar-refractivity contribution in [1.29, 1.82) is 0 Å². The van der Waals surface area contributed by atoms with E-state index in [0.29, 0.717) is 47.9 Å². The summed E-state index contributed by atoms with van der Waals surface area (Å²) in [6.45, 7) is 2.08. The summed E-state index contributed by atoms with van der Waals surface area (Å²) in [5, 5.41) is 20.1. The molecule has 3 aromatic rings. The summed E-state index contributed by atoms with van der Waals surface area (Å²) in [6.07, 6.45) is 2.50. The molecule has 11 nitrogen and oxygen atoms in total. The van der Waals surface area contributed by atoms with Crippen LogP contribution in [0.15, 0.2) is 36.5 Å². The SMILES string of the molecule is Cc1nc(-c2nnn(C)c2CNC(=O)OCc2ccccc2)cnc1OC1CC[C@H](C(=O)O)C1. The molecule has 4 rings (SSSR count). The Morgan fingerprint density at radius 2 is 2.03 bits per heavy atom. The van der Waals surface area contributed by atoms with Crippen molar-refractivity contribution in [2.45, 2.75) is 45.4 Å². The summed E-state index contributed by atoms with van der Waals surface area (Å²) < 4.78 is 12.7. The van der Waals surface area contributed by atoms with Crippen LogP contribution in [0.5, 0.6) is 5.88 Å². The van der Waals surface area contributed by atoms with E-state index in [1.165, 1.54) is 6.20 Å². The van der Waals surface area contributed by atoms with Gasteiger partial charge in [0, 0.05) is 7.05 Å². The smallest absolute Gasteiger partial charge is 0.407 e. The summed E-state index contributed by atoms with van der Waals surface area (Å²) >= 11 is 0. The number of amides is 1. The Kier molecular flexibility index (Phi) is 7.00. The van der Waals surface area contributed by atoms with E-state index in [2.05, 4.69) is 25.6 Å². The fourth-order valence-electron chi connectivity index (χ4n) is 3.83. The van der Waals surface area contributed by atoms with Crippen LogP contribution in [0.1, 0.15) is 36.2 Å². The predicted octanol–water partition coefficient (Wildman–Crippen LogP) is 2.64. The molecular weight excluding hydrogens is 440 g/mol. The van der Waals surface area contributed by atoms with Crippen LogP contribution in [0.2, 0.25) is 0 Å². The Morgan fingerprint density at radius 3 is 2.74 bits per heavy atom. The summed E-state index contributed by atoms with van der Waals surface area (Å²) in [5.74, 6) is -0.809. The first-order chi connectivity index (χ1) is 16.4. The first-order valence-corrected chi connectivity index (χ1v) is 11.0. The van der Waals surface area contributed by atoms with Crippen molar-refractivity contribution in [3.63, 3.8) is 0 Å². The van der Waals surface area contributed by atoms with Crippen molar-refractivity contribution in [2.24, 2.45) is 13.0 Å². The molecule has 34 heavy (non-hydrogen) atoms. The monoisotopic (exact) mass is 466 g/mol. The number of carboxylic acids is 1. The Balaban J connectivity index is 1.38. The van der Waals surface area contributed by atoms with E-state index in [1.807, 2.05) is 30.3 Å². The van der Waals surface area contributed by atoms with E-state index < -0.39 is 12.1 Å². The number of nitrogens with zero attached hydrogens (tertiary/aromatic N) is 5. The van der Waals surface area contributed by atoms with Gasteiger partial charge in [0.25, 0.3) is 0 Å². The van der Waals surface area contributed by atoms with Gasteiger partial charge in [-0.2, -0.15) is 0 Å². The summed E-state index contributed by atoms with van der Waals surface area (Å²) in [4.78, 5) is 32.2. The van der Waals surface area contributed by atoms with Gasteiger partial charge < -0.3 is 19.9 Å². The van der Waals surface area contributed by atoms with E-state index in [4.69, 9.17) is 14.6 Å². The summed E-state index contributed by atoms with van der Waals surface area (Å²) in [5.41, 5.74) is 3.06. The zero-order chi connectivity index (χ0) is 24.1. The second-order valence-electron chi connectivity index (χ2n) is 8.16. The van der Waals surface area contributed by atoms with Crippen molar-refractivity contribution < 1.29 is 24.2 Å². The fourth-order valence-corrected chi connectivity index (χ4v) is 3.83. The van der Waals surface area contributed by atoms with Gasteiger partial charge in [-0.05, 0) is 31.7 Å². The molecule has 1 aromatic carbocycles. The van der Waals surface area contributed by atoms with Crippen LogP contribution >= 0.6 is 0 Å². The van der Waals surface area contributed by atoms with Gasteiger partial charge in [-0.25, -0.2) is 19.4 Å². The van der Waals surface area contributed by atoms with Crippen molar-refractivity contribution in [3.05, 3.63) is 53.5 Å². The molecule has 1 saturated carbocycles. The minimum Gasteiger partial charge on any atom is -0.481 e. The maximum absolute atomic E-state index is 12.1. The van der Waals surface area contributed by atoms with Gasteiger partial charge in [-0.15, -0.1) is 5.10 Å². The van der Waals surface area contributed by atoms with Crippen molar-refractivity contribution in [3.8, 4) is 17.3 Å². The molecular formula is C23H26N6O5. The lowest BCUT2D eigenvalue weighted by Crippen LogP contribution is -2.25. The van der Waals surface area contributed by atoms with Crippen molar-refractivity contribution in [1.82, 2.24) is 30.3 Å². The van der Waals surface area contributed by atoms with Crippen LogP contribution in [0.4, 0.5) is 4.79 Å². The van der Waals surface area contributed by atoms with Crippen LogP contribution in [-0.4, -0.2) is 48.2 Å². The number of aryl methyl sites for hydroxylation is 2. The van der Waals surface area contributed by atoms with Crippen LogP contribution in [0.25, 0.3) is 11.4 Å². The average Bonchev–Trinajstić information content (AvgIpc) is 3.45. The number of aromatic nitrogens is 5. The van der Waals surface area contributed by atoms with Crippen LogP contribution < -0.4 is 10.1 Å². The highest BCUT2D eigenvalue weighted by molar-refractivity contribution is 5.70. The van der Waals surface area contributed by atoms with Gasteiger partial charge in [-0.1, -0.05) is 35.5 Å². The molecule has 2 aromatic heterocycles. The number of carbonyl (C=O) groups is 2. The molecule has 0 aliphatic heterocycles. The molecule has 1 unspecified atom stereocenters. The van der Waals surface area contributed by atoms with Crippen LogP contribution in [-0.2, 0) is 29.7 Å². The van der Waals surface area contributed by atoms with Gasteiger partial charge in [0.15, 0.2) is 0 Å². The molecule has 1 amide bonds. The van der Waals surface area contributed by atoms with Gasteiger partial charge in [0.1, 0.15) is 29.8 Å². The van der Waals surface area contributed by atoms with Gasteiger partial charge >= 0.3 is 12.1 Å². The normalized spacial score (nSPS) is 17.4. The third-order valence-electron chi connectivity index (χ3n) is 5.71. The van der Waals surface area contributed by atoms with Crippen LogP contribution in [0.3, 0.4) is 0 Å². The molecule has 0 bridgehead atoms. The van der Waals surface area contributed by atoms with Crippen molar-refractivity contribution >= 4 is 12.1 Å². The van der Waals surface area contributed by atoms with Crippen LogP contribution in [0, 0.1) is 12.8 Å². The number of aliphatic carboxylic acids is 1. The van der Waals surface area contributed by atoms with Gasteiger partial charge in [0.05, 0.1) is 24.4 Å². The highest BCUT2D eigenvalue weighted by atomic mass is 16.5. The molecule has 0 saturated heterocycles. The quantitative estimate of drug-likeness (QED) is 0.512. The number of benzene rings is 1. The zero-order valence-corrected chi connectivity index (χ0v) is 19.0. The molecule has 0 spiro atoms. The van der Waals surface area contributed by atoms with Gasteiger partial charge in [0.2, 0.25) is 5.88 Å². The second-order valence-corrected chi connectivity index (χ2v) is 8.16. The first-order valence-electron chi connectivity index (χ1n) is 11.0. The Hall–Kier alpha value is -4.02. The standard InChI is InChI=1S/C23H26N6O5/c1-14-21(34-17-9-8-16(10-17)22(30)31)24-11-18(26-14)20-19(29(2)28-27-20)12-25-23(32)33-13-15-6-4-3-5-7-15/h3-7,11,16-17H,8-10,12-13H2,1-2H3,(H,25,32)(H,30,31)/t16-,17?/m0/s1. The molecule has 2 N–H and O–H groups in total. The lowest BCUT2D eigenvalue weighted by Gasteiger charge is -2.14. The number of carbonyl (C=O) groups excluding carboxylic acids is 1. The fraction of sp³-hybridized carbons (Fsp3) is 0.391. The molecule has 1 aliphatic carbocycles. The minimum atomic E-state index is -0.794. The lowest BCUT2D eigenvalue weighted by atomic mass is 10.1. The van der Waals surface area contributed by atoms with E-state index in [1.54, 1.807) is 18.7 Å². The number of nitrogens with one attached hydrogen (secondary N) is 1. The number of ether oxygens (including phenoxy) is 2. The first kappa shape index (κ1) is 23.1. The third kappa shape index (κ3) is 5.48. The number of hydrogen-bond donors (Lipinski definition) is 2. The van der Waals surface area contributed by atoms with E-state index in [0.717, 1.165) is 5.56 Å². The Morgan fingerprint density at radius 1 is 1.24 bits per heavy atom. The summed E-state index contributed by atoms with van der Waals surface area (Å²) in [7, 11) is 1.72. The minimum absolute atomic E-state index is 0.143. The van der Waals surface area contributed by atoms with E-state index >= 15 is 0 Å². The Labute approximate surface area is 196 Å². The predicted molar refractivity (Wildman–Crippen MR) is 120 cm³/mol. The molecule has 11 heteroatoms. The third-order valence-corrected chi connectivity index (χ3v) is 5.71. The average molecular weight is 466 g/mol. The maximum Gasteiger partial charge on any atom is 0.407 e. The van der Waals surface area contributed by atoms with E-state index in [9.17, 15) is 9.59 Å². The highest BCUT2D eigenvalue weighted by Gasteiger charge is 2.31. The molecule has 178 valence electrons.